The largest absolute Gasteiger partial charge is 0.472 e. The van der Waals surface area contributed by atoms with Gasteiger partial charge in [-0.3, -0.25) is 10.1 Å². The van der Waals surface area contributed by atoms with Gasteiger partial charge in [0.05, 0.1) is 23.4 Å². The van der Waals surface area contributed by atoms with Crippen molar-refractivity contribution in [2.75, 3.05) is 18.5 Å². The Labute approximate surface area is 142 Å². The number of aromatic nitrogens is 2. The van der Waals surface area contributed by atoms with Crippen LogP contribution < -0.4 is 10.1 Å². The molecule has 7 heteroatoms. The summed E-state index contributed by atoms with van der Waals surface area (Å²) in [7, 11) is 0. The van der Waals surface area contributed by atoms with Gasteiger partial charge in [0.1, 0.15) is 6.10 Å². The molecule has 122 valence electrons. The van der Waals surface area contributed by atoms with Gasteiger partial charge in [0, 0.05) is 24.2 Å². The van der Waals surface area contributed by atoms with Crippen LogP contribution in [-0.2, 0) is 4.74 Å². The number of para-hydroxylation sites is 1. The summed E-state index contributed by atoms with van der Waals surface area (Å²) >= 11 is 1.44. The predicted molar refractivity (Wildman–Crippen MR) is 91.7 cm³/mol. The van der Waals surface area contributed by atoms with E-state index >= 15 is 0 Å². The minimum absolute atomic E-state index is 0.0000676. The predicted octanol–water partition coefficient (Wildman–Crippen LogP) is 3.11. The van der Waals surface area contributed by atoms with Crippen LogP contribution in [0.3, 0.4) is 0 Å². The Kier molecular flexibility index (Phi) is 4.10. The second-order valence-corrected chi connectivity index (χ2v) is 6.46. The summed E-state index contributed by atoms with van der Waals surface area (Å²) < 4.78 is 12.0. The molecule has 1 saturated heterocycles. The monoisotopic (exact) mass is 341 g/mol. The lowest BCUT2D eigenvalue weighted by Gasteiger charge is -2.11. The number of ether oxygens (including phenoxy) is 2. The molecule has 1 aliphatic rings. The number of benzene rings is 1. The Bertz CT molecular complexity index is 841. The van der Waals surface area contributed by atoms with E-state index in [0.717, 1.165) is 16.6 Å². The van der Waals surface area contributed by atoms with Crippen molar-refractivity contribution in [3.8, 4) is 5.88 Å². The molecule has 1 aromatic carbocycles. The number of nitrogens with zero attached hydrogens (tertiary/aromatic N) is 2. The summed E-state index contributed by atoms with van der Waals surface area (Å²) in [5, 5.41) is 3.40. The Morgan fingerprint density at radius 1 is 1.33 bits per heavy atom. The number of carbonyl (C=O) groups is 1. The van der Waals surface area contributed by atoms with Gasteiger partial charge in [0.25, 0.3) is 5.91 Å². The second-order valence-electron chi connectivity index (χ2n) is 5.43. The van der Waals surface area contributed by atoms with E-state index in [1.807, 2.05) is 24.3 Å². The molecule has 3 aromatic rings. The molecule has 1 unspecified atom stereocenters. The molecular formula is C17H15N3O3S. The maximum absolute atomic E-state index is 12.4. The SMILES string of the molecule is O=C(Nc1nc2ccccc2s1)c1ccnc(OC2CCOC2)c1. The first-order valence-electron chi connectivity index (χ1n) is 7.65. The van der Waals surface area contributed by atoms with Crippen LogP contribution in [0, 0.1) is 0 Å². The number of rotatable bonds is 4. The molecule has 0 spiro atoms. The fraction of sp³-hybridized carbons (Fsp3) is 0.235. The first kappa shape index (κ1) is 15.0. The number of hydrogen-bond donors (Lipinski definition) is 1. The lowest BCUT2D eigenvalue weighted by atomic mass is 10.2. The van der Waals surface area contributed by atoms with Gasteiger partial charge >= 0.3 is 0 Å². The zero-order chi connectivity index (χ0) is 16.4. The van der Waals surface area contributed by atoms with E-state index in [9.17, 15) is 4.79 Å². The highest BCUT2D eigenvalue weighted by atomic mass is 32.1. The number of carbonyl (C=O) groups excluding carboxylic acids is 1. The third-order valence-corrected chi connectivity index (χ3v) is 4.64. The molecule has 4 rings (SSSR count). The maximum Gasteiger partial charge on any atom is 0.257 e. The number of pyridine rings is 1. The molecule has 1 atom stereocenters. The van der Waals surface area contributed by atoms with Crippen molar-refractivity contribution in [1.29, 1.82) is 0 Å². The van der Waals surface area contributed by atoms with Crippen LogP contribution in [0.15, 0.2) is 42.6 Å². The van der Waals surface area contributed by atoms with E-state index in [4.69, 9.17) is 9.47 Å². The minimum atomic E-state index is -0.232. The third-order valence-electron chi connectivity index (χ3n) is 3.69. The fourth-order valence-electron chi connectivity index (χ4n) is 2.49. The Morgan fingerprint density at radius 3 is 3.08 bits per heavy atom. The molecule has 6 nitrogen and oxygen atoms in total. The molecule has 1 amide bonds. The van der Waals surface area contributed by atoms with Gasteiger partial charge in [-0.15, -0.1) is 0 Å². The highest BCUT2D eigenvalue weighted by Gasteiger charge is 2.18. The average Bonchev–Trinajstić information content (AvgIpc) is 3.24. The van der Waals surface area contributed by atoms with E-state index in [0.29, 0.717) is 29.8 Å². The molecule has 0 aliphatic carbocycles. The topological polar surface area (TPSA) is 73.3 Å². The Balaban J connectivity index is 1.49. The number of fused-ring (bicyclic) bond motifs is 1. The number of thiazole rings is 1. The van der Waals surface area contributed by atoms with Gasteiger partial charge in [-0.05, 0) is 18.2 Å². The van der Waals surface area contributed by atoms with E-state index in [1.165, 1.54) is 11.3 Å². The molecule has 24 heavy (non-hydrogen) atoms. The third kappa shape index (κ3) is 3.22. The van der Waals surface area contributed by atoms with Crippen LogP contribution in [0.1, 0.15) is 16.8 Å². The van der Waals surface area contributed by atoms with Crippen molar-refractivity contribution in [3.05, 3.63) is 48.2 Å². The zero-order valence-electron chi connectivity index (χ0n) is 12.8. The summed E-state index contributed by atoms with van der Waals surface area (Å²) in [4.78, 5) is 21.0. The van der Waals surface area contributed by atoms with Crippen molar-refractivity contribution in [1.82, 2.24) is 9.97 Å². The van der Waals surface area contributed by atoms with E-state index in [1.54, 1.807) is 18.3 Å². The van der Waals surface area contributed by atoms with Crippen molar-refractivity contribution in [3.63, 3.8) is 0 Å². The average molecular weight is 341 g/mol. The Hall–Kier alpha value is -2.51. The fourth-order valence-corrected chi connectivity index (χ4v) is 3.35. The highest BCUT2D eigenvalue weighted by Crippen LogP contribution is 2.26. The smallest absolute Gasteiger partial charge is 0.257 e. The quantitative estimate of drug-likeness (QED) is 0.789. The summed E-state index contributed by atoms with van der Waals surface area (Å²) in [6.07, 6.45) is 2.41. The van der Waals surface area contributed by atoms with Crippen LogP contribution in [-0.4, -0.2) is 35.2 Å². The van der Waals surface area contributed by atoms with E-state index < -0.39 is 0 Å². The summed E-state index contributed by atoms with van der Waals surface area (Å²) in [5.74, 6) is 0.200. The van der Waals surface area contributed by atoms with Gasteiger partial charge in [-0.1, -0.05) is 23.5 Å². The van der Waals surface area contributed by atoms with Crippen molar-refractivity contribution in [2.45, 2.75) is 12.5 Å². The first-order valence-corrected chi connectivity index (χ1v) is 8.47. The lowest BCUT2D eigenvalue weighted by molar-refractivity contribution is 0.102. The van der Waals surface area contributed by atoms with Crippen LogP contribution in [0.25, 0.3) is 10.2 Å². The minimum Gasteiger partial charge on any atom is -0.472 e. The maximum atomic E-state index is 12.4. The summed E-state index contributed by atoms with van der Waals surface area (Å²) in [6, 6.07) is 11.1. The highest BCUT2D eigenvalue weighted by molar-refractivity contribution is 7.22. The van der Waals surface area contributed by atoms with Crippen molar-refractivity contribution in [2.24, 2.45) is 0 Å². The molecule has 3 heterocycles. The number of nitrogens with one attached hydrogen (secondary N) is 1. The molecule has 2 aromatic heterocycles. The number of hydrogen-bond acceptors (Lipinski definition) is 6. The van der Waals surface area contributed by atoms with E-state index in [2.05, 4.69) is 15.3 Å². The van der Waals surface area contributed by atoms with Crippen molar-refractivity contribution < 1.29 is 14.3 Å². The second kappa shape index (κ2) is 6.54. The van der Waals surface area contributed by atoms with Crippen molar-refractivity contribution >= 4 is 32.6 Å². The molecule has 1 N–H and O–H groups in total. The molecule has 1 fully saturated rings. The van der Waals surface area contributed by atoms with Gasteiger partial charge in [-0.25, -0.2) is 9.97 Å². The normalized spacial score (nSPS) is 17.1. The standard InChI is InChI=1S/C17H15N3O3S/c21-16(20-17-19-13-3-1-2-4-14(13)24-17)11-5-7-18-15(9-11)23-12-6-8-22-10-12/h1-5,7,9,12H,6,8,10H2,(H,19,20,21). The summed E-state index contributed by atoms with van der Waals surface area (Å²) in [6.45, 7) is 1.26. The number of anilines is 1. The Morgan fingerprint density at radius 2 is 2.25 bits per heavy atom. The first-order chi connectivity index (χ1) is 11.8. The molecule has 1 aliphatic heterocycles. The lowest BCUT2D eigenvalue weighted by Crippen LogP contribution is -2.17. The number of amides is 1. The molecule has 0 bridgehead atoms. The van der Waals surface area contributed by atoms with Crippen LogP contribution in [0.2, 0.25) is 0 Å². The van der Waals surface area contributed by atoms with Gasteiger partial charge in [0.2, 0.25) is 5.88 Å². The van der Waals surface area contributed by atoms with Crippen LogP contribution in [0.5, 0.6) is 5.88 Å². The molecule has 0 radical (unpaired) electrons. The van der Waals surface area contributed by atoms with E-state index in [-0.39, 0.29) is 12.0 Å². The molecule has 0 saturated carbocycles. The summed E-state index contributed by atoms with van der Waals surface area (Å²) in [5.41, 5.74) is 1.36. The van der Waals surface area contributed by atoms with Gasteiger partial charge in [-0.2, -0.15) is 0 Å². The molecular weight excluding hydrogens is 326 g/mol. The van der Waals surface area contributed by atoms with Crippen LogP contribution in [0.4, 0.5) is 5.13 Å². The van der Waals surface area contributed by atoms with Gasteiger partial charge < -0.3 is 9.47 Å². The zero-order valence-corrected chi connectivity index (χ0v) is 13.6. The van der Waals surface area contributed by atoms with Gasteiger partial charge in [0.15, 0.2) is 5.13 Å². The van der Waals surface area contributed by atoms with Crippen LogP contribution >= 0.6 is 11.3 Å².